The number of rotatable bonds is 5. The van der Waals surface area contributed by atoms with E-state index < -0.39 is 24.9 Å². The van der Waals surface area contributed by atoms with Gasteiger partial charge >= 0.3 is 18.3 Å². The number of ether oxygens (including phenoxy) is 1. The highest BCUT2D eigenvalue weighted by molar-refractivity contribution is 4.67. The van der Waals surface area contributed by atoms with Gasteiger partial charge in [-0.05, 0) is 4.53 Å². The number of aliphatic hydroxyl groups is 1. The molecule has 0 saturated carbocycles. The quantitative estimate of drug-likeness (QED) is 0.733. The van der Waals surface area contributed by atoms with Crippen LogP contribution in [-0.4, -0.2) is 30.0 Å². The maximum Gasteiger partial charge on any atom is 0.478 e. The maximum atomic E-state index is 12.0. The Morgan fingerprint density at radius 3 is 1.64 bits per heavy atom. The van der Waals surface area contributed by atoms with Gasteiger partial charge in [0.05, 0.1) is 0 Å². The Morgan fingerprint density at radius 1 is 0.929 bits per heavy atom. The van der Waals surface area contributed by atoms with Crippen molar-refractivity contribution < 1.29 is 45.7 Å². The normalized spacial score (nSPS) is 14.6. The van der Waals surface area contributed by atoms with E-state index in [1.54, 1.807) is 0 Å². The SMILES string of the molecule is OCC(F)(F)OC(F)(F)C(F)(F)OF. The zero-order valence-electron chi connectivity index (χ0n) is 6.12. The third-order valence-electron chi connectivity index (χ3n) is 0.897. The Bertz CT molecular complexity index is 193. The Kier molecular flexibility index (Phi) is 3.70. The third-order valence-corrected chi connectivity index (χ3v) is 0.897. The molecule has 0 amide bonds. The van der Waals surface area contributed by atoms with Gasteiger partial charge in [-0.2, -0.15) is 26.3 Å². The zero-order chi connectivity index (χ0) is 11.6. The standard InChI is InChI=1S/C4H3F7O3/c5-2(6,1-12)13-3(7,8)4(9,10)14-11/h12H,1H2. The van der Waals surface area contributed by atoms with E-state index in [1.165, 1.54) is 4.94 Å². The molecule has 0 heterocycles. The molecule has 0 unspecified atom stereocenters. The average molecular weight is 232 g/mol. The molecule has 10 heteroatoms. The first kappa shape index (κ1) is 13.4. The lowest BCUT2D eigenvalue weighted by Gasteiger charge is -2.25. The molecule has 14 heavy (non-hydrogen) atoms. The summed E-state index contributed by atoms with van der Waals surface area (Å²) in [5.41, 5.74) is 0. The minimum absolute atomic E-state index is 1.47. The first-order chi connectivity index (χ1) is 6.08. The van der Waals surface area contributed by atoms with E-state index in [9.17, 15) is 30.9 Å². The molecule has 0 atom stereocenters. The molecular weight excluding hydrogens is 229 g/mol. The second-order valence-electron chi connectivity index (χ2n) is 2.01. The fourth-order valence-electron chi connectivity index (χ4n) is 0.324. The fraction of sp³-hybridized carbons (Fsp3) is 1.00. The second-order valence-corrected chi connectivity index (χ2v) is 2.01. The monoisotopic (exact) mass is 232 g/mol. The molecule has 0 rings (SSSR count). The molecule has 0 radical (unpaired) electrons. The Hall–Kier alpha value is -0.610. The maximum absolute atomic E-state index is 12.0. The lowest BCUT2D eigenvalue weighted by molar-refractivity contribution is -0.515. The van der Waals surface area contributed by atoms with Crippen molar-refractivity contribution in [1.82, 2.24) is 0 Å². The van der Waals surface area contributed by atoms with Crippen LogP contribution in [0.2, 0.25) is 0 Å². The van der Waals surface area contributed by atoms with Gasteiger partial charge in [0.2, 0.25) is 0 Å². The smallest absolute Gasteiger partial charge is 0.387 e. The van der Waals surface area contributed by atoms with Crippen molar-refractivity contribution in [3.63, 3.8) is 0 Å². The van der Waals surface area contributed by atoms with Crippen LogP contribution in [0.1, 0.15) is 0 Å². The Morgan fingerprint density at radius 2 is 1.36 bits per heavy atom. The van der Waals surface area contributed by atoms with Crippen LogP contribution < -0.4 is 0 Å². The van der Waals surface area contributed by atoms with E-state index in [1.807, 2.05) is 0 Å². The summed E-state index contributed by atoms with van der Waals surface area (Å²) in [6.45, 7) is -2.27. The minimum atomic E-state index is -5.91. The van der Waals surface area contributed by atoms with Crippen molar-refractivity contribution in [2.45, 2.75) is 18.3 Å². The molecule has 0 aromatic rings. The van der Waals surface area contributed by atoms with Crippen molar-refractivity contribution in [1.29, 1.82) is 0 Å². The number of alkyl halides is 6. The molecule has 0 aliphatic heterocycles. The molecule has 1 N–H and O–H groups in total. The van der Waals surface area contributed by atoms with Gasteiger partial charge in [0.15, 0.2) is 0 Å². The first-order valence-corrected chi connectivity index (χ1v) is 2.82. The number of halogens is 7. The zero-order valence-corrected chi connectivity index (χ0v) is 6.12. The molecule has 3 nitrogen and oxygen atoms in total. The van der Waals surface area contributed by atoms with Gasteiger partial charge in [0.1, 0.15) is 6.61 Å². The predicted molar refractivity (Wildman–Crippen MR) is 25.2 cm³/mol. The van der Waals surface area contributed by atoms with Crippen molar-refractivity contribution in [2.24, 2.45) is 0 Å². The van der Waals surface area contributed by atoms with Gasteiger partial charge in [0, 0.05) is 0 Å². The topological polar surface area (TPSA) is 38.7 Å². The van der Waals surface area contributed by atoms with E-state index in [0.29, 0.717) is 0 Å². The molecule has 0 aromatic carbocycles. The lowest BCUT2D eigenvalue weighted by Crippen LogP contribution is -2.48. The highest BCUT2D eigenvalue weighted by Gasteiger charge is 2.65. The van der Waals surface area contributed by atoms with E-state index in [4.69, 9.17) is 5.11 Å². The molecular formula is C4H3F7O3. The van der Waals surface area contributed by atoms with Crippen LogP contribution >= 0.6 is 0 Å². The molecule has 0 bridgehead atoms. The van der Waals surface area contributed by atoms with Crippen molar-refractivity contribution in [3.05, 3.63) is 0 Å². The summed E-state index contributed by atoms with van der Waals surface area (Å²) in [6, 6.07) is 0. The Labute approximate surface area is 71.9 Å². The summed E-state index contributed by atoms with van der Waals surface area (Å²) in [6.07, 6.45) is -16.7. The van der Waals surface area contributed by atoms with Crippen LogP contribution in [0.4, 0.5) is 30.9 Å². The van der Waals surface area contributed by atoms with Crippen molar-refractivity contribution in [2.75, 3.05) is 6.61 Å². The van der Waals surface area contributed by atoms with Crippen LogP contribution in [0.15, 0.2) is 0 Å². The molecule has 0 spiro atoms. The van der Waals surface area contributed by atoms with E-state index in [2.05, 4.69) is 4.74 Å². The highest BCUT2D eigenvalue weighted by Crippen LogP contribution is 2.40. The van der Waals surface area contributed by atoms with E-state index >= 15 is 0 Å². The Balaban J connectivity index is 4.64. The first-order valence-electron chi connectivity index (χ1n) is 2.82. The summed E-state index contributed by atoms with van der Waals surface area (Å²) in [4.78, 5) is 1.47. The molecule has 0 fully saturated rings. The van der Waals surface area contributed by atoms with Crippen LogP contribution in [0, 0.1) is 0 Å². The van der Waals surface area contributed by atoms with Gasteiger partial charge in [0.25, 0.3) is 0 Å². The van der Waals surface area contributed by atoms with Crippen LogP contribution in [0.3, 0.4) is 0 Å². The molecule has 0 saturated heterocycles. The summed E-state index contributed by atoms with van der Waals surface area (Å²) >= 11 is 0. The third kappa shape index (κ3) is 2.96. The largest absolute Gasteiger partial charge is 0.478 e. The van der Waals surface area contributed by atoms with Gasteiger partial charge in [-0.1, -0.05) is 0 Å². The molecule has 0 aliphatic carbocycles. The number of hydrogen-bond donors (Lipinski definition) is 1. The second kappa shape index (κ2) is 3.87. The van der Waals surface area contributed by atoms with Crippen LogP contribution in [0.5, 0.6) is 0 Å². The minimum Gasteiger partial charge on any atom is -0.387 e. The fourth-order valence-corrected chi connectivity index (χ4v) is 0.324. The molecule has 0 aromatic heterocycles. The van der Waals surface area contributed by atoms with Gasteiger partial charge < -0.3 is 5.11 Å². The van der Waals surface area contributed by atoms with Gasteiger partial charge in [-0.15, -0.1) is 4.94 Å². The number of aliphatic hydroxyl groups excluding tert-OH is 1. The number of hydrogen-bond acceptors (Lipinski definition) is 3. The van der Waals surface area contributed by atoms with E-state index in [0.717, 1.165) is 0 Å². The summed E-state index contributed by atoms with van der Waals surface area (Å²) in [5.74, 6) is 0. The predicted octanol–water partition coefficient (Wildman–Crippen LogP) is 1.67. The molecule has 0 aliphatic rings. The van der Waals surface area contributed by atoms with Crippen LogP contribution in [-0.2, 0) is 9.68 Å². The highest BCUT2D eigenvalue weighted by atomic mass is 19.4. The summed E-state index contributed by atoms with van der Waals surface area (Å²) in [7, 11) is 0. The van der Waals surface area contributed by atoms with Crippen molar-refractivity contribution in [3.8, 4) is 0 Å². The summed E-state index contributed by atoms with van der Waals surface area (Å²) in [5, 5.41) is 7.71. The van der Waals surface area contributed by atoms with E-state index in [-0.39, 0.29) is 0 Å². The van der Waals surface area contributed by atoms with Gasteiger partial charge in [-0.3, -0.25) is 0 Å². The lowest BCUT2D eigenvalue weighted by atomic mass is 10.5. The van der Waals surface area contributed by atoms with Gasteiger partial charge in [-0.25, -0.2) is 4.74 Å². The average Bonchev–Trinajstić information content (AvgIpc) is 2.02. The molecule has 86 valence electrons. The van der Waals surface area contributed by atoms with Crippen LogP contribution in [0.25, 0.3) is 0 Å². The summed E-state index contributed by atoms with van der Waals surface area (Å²) < 4.78 is 84.1. The van der Waals surface area contributed by atoms with Crippen molar-refractivity contribution >= 4 is 0 Å².